The first-order chi connectivity index (χ1) is 14.0. The average Bonchev–Trinajstić information content (AvgIpc) is 3.14. The van der Waals surface area contributed by atoms with Gasteiger partial charge in [0.15, 0.2) is 0 Å². The second-order valence-corrected chi connectivity index (χ2v) is 8.38. The molecule has 150 valence electrons. The third kappa shape index (κ3) is 3.45. The zero-order valence-corrected chi connectivity index (χ0v) is 18.0. The van der Waals surface area contributed by atoms with Gasteiger partial charge in [-0.25, -0.2) is 9.97 Å². The van der Waals surface area contributed by atoms with E-state index in [1.165, 1.54) is 0 Å². The fourth-order valence-corrected chi connectivity index (χ4v) is 4.68. The number of hydrogen-bond acceptors (Lipinski definition) is 7. The van der Waals surface area contributed by atoms with Crippen LogP contribution in [0.1, 0.15) is 49.1 Å². The fraction of sp³-hybridized carbons (Fsp3) is 0.364. The van der Waals surface area contributed by atoms with E-state index < -0.39 is 5.60 Å². The summed E-state index contributed by atoms with van der Waals surface area (Å²) in [6.45, 7) is 8.69. The number of thiophene rings is 1. The van der Waals surface area contributed by atoms with Crippen molar-refractivity contribution >= 4 is 37.6 Å². The van der Waals surface area contributed by atoms with Crippen LogP contribution in [0.5, 0.6) is 0 Å². The van der Waals surface area contributed by atoms with Gasteiger partial charge in [0, 0.05) is 11.9 Å². The summed E-state index contributed by atoms with van der Waals surface area (Å²) in [4.78, 5) is 9.84. The van der Waals surface area contributed by atoms with E-state index in [4.69, 9.17) is 0 Å². The lowest BCUT2D eigenvalue weighted by atomic mass is 9.88. The number of benzene rings is 1. The zero-order valence-electron chi connectivity index (χ0n) is 17.2. The number of hydrogen-bond donors (Lipinski definition) is 2. The van der Waals surface area contributed by atoms with E-state index in [1.54, 1.807) is 17.7 Å². The lowest BCUT2D eigenvalue weighted by Crippen LogP contribution is -2.23. The molecule has 0 saturated carbocycles. The summed E-state index contributed by atoms with van der Waals surface area (Å²) in [6, 6.07) is 8.14. The number of aromatic nitrogens is 4. The van der Waals surface area contributed by atoms with Crippen LogP contribution in [0.25, 0.3) is 20.4 Å². The van der Waals surface area contributed by atoms with Gasteiger partial charge in [0.05, 0.1) is 21.5 Å². The predicted octanol–water partition coefficient (Wildman–Crippen LogP) is 4.87. The number of aryl methyl sites for hydroxylation is 2. The average molecular weight is 408 g/mol. The van der Waals surface area contributed by atoms with Gasteiger partial charge in [0.25, 0.3) is 0 Å². The molecule has 1 aromatic carbocycles. The van der Waals surface area contributed by atoms with Crippen molar-refractivity contribution in [1.82, 2.24) is 20.2 Å². The van der Waals surface area contributed by atoms with Crippen molar-refractivity contribution in [2.24, 2.45) is 0 Å². The molecule has 0 saturated heterocycles. The van der Waals surface area contributed by atoms with Crippen molar-refractivity contribution in [3.8, 4) is 0 Å². The molecule has 4 rings (SSSR count). The van der Waals surface area contributed by atoms with Gasteiger partial charge in [-0.05, 0) is 43.4 Å². The third-order valence-electron chi connectivity index (χ3n) is 5.78. The van der Waals surface area contributed by atoms with Gasteiger partial charge < -0.3 is 10.4 Å². The molecule has 0 unspecified atom stereocenters. The van der Waals surface area contributed by atoms with Crippen molar-refractivity contribution in [3.05, 3.63) is 53.0 Å². The normalized spacial score (nSPS) is 12.0. The van der Waals surface area contributed by atoms with Crippen LogP contribution in [-0.2, 0) is 12.1 Å². The number of nitrogens with zero attached hydrogens (tertiary/aromatic N) is 4. The van der Waals surface area contributed by atoms with Crippen molar-refractivity contribution in [2.45, 2.75) is 52.7 Å². The Morgan fingerprint density at radius 1 is 1.03 bits per heavy atom. The summed E-state index contributed by atoms with van der Waals surface area (Å²) in [5, 5.41) is 23.8. The molecule has 6 nitrogen and oxygen atoms in total. The molecular formula is C22H25N5OS. The Morgan fingerprint density at radius 2 is 1.76 bits per heavy atom. The van der Waals surface area contributed by atoms with Gasteiger partial charge in [-0.3, -0.25) is 0 Å². The second-order valence-electron chi connectivity index (χ2n) is 7.38. The van der Waals surface area contributed by atoms with Crippen LogP contribution in [0.2, 0.25) is 0 Å². The van der Waals surface area contributed by atoms with Gasteiger partial charge in [0.1, 0.15) is 17.0 Å². The molecule has 0 radical (unpaired) electrons. The van der Waals surface area contributed by atoms with Crippen molar-refractivity contribution in [1.29, 1.82) is 0 Å². The Morgan fingerprint density at radius 3 is 2.45 bits per heavy atom. The van der Waals surface area contributed by atoms with Crippen LogP contribution in [0.4, 0.5) is 5.82 Å². The zero-order chi connectivity index (χ0) is 20.6. The SMILES string of the molecule is CCC(O)(CC)c1ccc(CNc2ncnc3c2sc2nnc(C)c(C)c23)cc1. The predicted molar refractivity (Wildman–Crippen MR) is 118 cm³/mol. The molecule has 0 amide bonds. The van der Waals surface area contributed by atoms with Crippen molar-refractivity contribution in [2.75, 3.05) is 5.32 Å². The topological polar surface area (TPSA) is 83.8 Å². The van der Waals surface area contributed by atoms with E-state index in [-0.39, 0.29) is 0 Å². The van der Waals surface area contributed by atoms with Crippen molar-refractivity contribution < 1.29 is 5.11 Å². The summed E-state index contributed by atoms with van der Waals surface area (Å²) in [6.07, 6.45) is 3.00. The molecule has 0 bridgehead atoms. The summed E-state index contributed by atoms with van der Waals surface area (Å²) in [7, 11) is 0. The number of nitrogens with one attached hydrogen (secondary N) is 1. The Balaban J connectivity index is 1.61. The largest absolute Gasteiger partial charge is 0.385 e. The minimum absolute atomic E-state index is 0.640. The second kappa shape index (κ2) is 7.65. The third-order valence-corrected chi connectivity index (χ3v) is 6.85. The standard InChI is InChI=1S/C22H25N5OS/c1-5-22(28,6-2)16-9-7-15(8-10-16)11-23-20-19-18(24-12-25-20)17-13(3)14(4)26-27-21(17)29-19/h7-10,12,28H,5-6,11H2,1-4H3,(H,23,24,25). The highest BCUT2D eigenvalue weighted by Gasteiger charge is 2.24. The van der Waals surface area contributed by atoms with Crippen LogP contribution >= 0.6 is 11.3 Å². The number of fused-ring (bicyclic) bond motifs is 3. The smallest absolute Gasteiger partial charge is 0.149 e. The summed E-state index contributed by atoms with van der Waals surface area (Å²) >= 11 is 1.56. The number of aliphatic hydroxyl groups is 1. The molecule has 0 fully saturated rings. The Kier molecular flexibility index (Phi) is 5.19. The first-order valence-electron chi connectivity index (χ1n) is 9.89. The minimum atomic E-state index is -0.751. The van der Waals surface area contributed by atoms with Crippen LogP contribution in [0, 0.1) is 13.8 Å². The Hall–Kier alpha value is -2.64. The van der Waals surface area contributed by atoms with Crippen molar-refractivity contribution in [3.63, 3.8) is 0 Å². The van der Waals surface area contributed by atoms with Gasteiger partial charge in [-0.15, -0.1) is 16.4 Å². The van der Waals surface area contributed by atoms with E-state index in [9.17, 15) is 5.11 Å². The maximum absolute atomic E-state index is 10.7. The molecule has 0 aliphatic heterocycles. The van der Waals surface area contributed by atoms with Gasteiger partial charge >= 0.3 is 0 Å². The van der Waals surface area contributed by atoms with Crippen LogP contribution in [0.15, 0.2) is 30.6 Å². The molecule has 2 N–H and O–H groups in total. The monoisotopic (exact) mass is 407 g/mol. The fourth-order valence-electron chi connectivity index (χ4n) is 3.59. The summed E-state index contributed by atoms with van der Waals surface area (Å²) in [5.74, 6) is 0.803. The minimum Gasteiger partial charge on any atom is -0.385 e. The first kappa shape index (κ1) is 19.7. The first-order valence-corrected chi connectivity index (χ1v) is 10.7. The number of anilines is 1. The van der Waals surface area contributed by atoms with E-state index in [1.807, 2.05) is 32.9 Å². The molecular weight excluding hydrogens is 382 g/mol. The van der Waals surface area contributed by atoms with Crippen LogP contribution in [-0.4, -0.2) is 25.3 Å². The van der Waals surface area contributed by atoms with E-state index in [2.05, 4.69) is 44.5 Å². The highest BCUT2D eigenvalue weighted by atomic mass is 32.1. The molecule has 3 aromatic heterocycles. The molecule has 3 heterocycles. The summed E-state index contributed by atoms with van der Waals surface area (Å²) < 4.78 is 0.994. The van der Waals surface area contributed by atoms with Gasteiger partial charge in [-0.1, -0.05) is 38.1 Å². The highest BCUT2D eigenvalue weighted by Crippen LogP contribution is 2.36. The molecule has 7 heteroatoms. The Labute approximate surface area is 174 Å². The lowest BCUT2D eigenvalue weighted by Gasteiger charge is -2.25. The van der Waals surface area contributed by atoms with E-state index >= 15 is 0 Å². The Bertz CT molecular complexity index is 1170. The maximum Gasteiger partial charge on any atom is 0.149 e. The highest BCUT2D eigenvalue weighted by molar-refractivity contribution is 7.25. The lowest BCUT2D eigenvalue weighted by molar-refractivity contribution is 0.0284. The molecule has 0 atom stereocenters. The summed E-state index contributed by atoms with van der Waals surface area (Å²) in [5.41, 5.74) is 4.29. The maximum atomic E-state index is 10.7. The molecule has 4 aromatic rings. The molecule has 0 aliphatic carbocycles. The molecule has 0 spiro atoms. The molecule has 29 heavy (non-hydrogen) atoms. The quantitative estimate of drug-likeness (QED) is 0.474. The van der Waals surface area contributed by atoms with Crippen LogP contribution < -0.4 is 5.32 Å². The van der Waals surface area contributed by atoms with Gasteiger partial charge in [-0.2, -0.15) is 5.10 Å². The number of rotatable bonds is 6. The van der Waals surface area contributed by atoms with E-state index in [0.717, 1.165) is 48.6 Å². The van der Waals surface area contributed by atoms with Crippen LogP contribution in [0.3, 0.4) is 0 Å². The molecule has 0 aliphatic rings. The van der Waals surface area contributed by atoms with Gasteiger partial charge in [0.2, 0.25) is 0 Å². The van der Waals surface area contributed by atoms with E-state index in [0.29, 0.717) is 19.4 Å².